The van der Waals surface area contributed by atoms with E-state index in [1.165, 1.54) is 12.1 Å². The maximum Gasteiger partial charge on any atom is 0.270 e. The van der Waals surface area contributed by atoms with E-state index in [1.54, 1.807) is 6.07 Å². The zero-order valence-electron chi connectivity index (χ0n) is 9.06. The number of nitrogens with zero attached hydrogens (tertiary/aromatic N) is 2. The van der Waals surface area contributed by atoms with Gasteiger partial charge in [0.05, 0.1) is 17.6 Å². The van der Waals surface area contributed by atoms with Gasteiger partial charge in [0.15, 0.2) is 0 Å². The van der Waals surface area contributed by atoms with Crippen molar-refractivity contribution in [3.05, 3.63) is 33.9 Å². The van der Waals surface area contributed by atoms with Gasteiger partial charge in [-0.05, 0) is 12.5 Å². The second-order valence-corrected chi connectivity index (χ2v) is 3.85. The SMILES string of the molecule is N#CCCCOc1ccc([N+](=O)[O-])cc1CBr. The highest BCUT2D eigenvalue weighted by atomic mass is 79.9. The van der Waals surface area contributed by atoms with Gasteiger partial charge in [0.2, 0.25) is 0 Å². The van der Waals surface area contributed by atoms with E-state index in [4.69, 9.17) is 10.00 Å². The summed E-state index contributed by atoms with van der Waals surface area (Å²) in [6.45, 7) is 0.436. The summed E-state index contributed by atoms with van der Waals surface area (Å²) in [5.41, 5.74) is 0.778. The number of hydrogen-bond donors (Lipinski definition) is 0. The monoisotopic (exact) mass is 298 g/mol. The van der Waals surface area contributed by atoms with Gasteiger partial charge in [0.1, 0.15) is 5.75 Å². The number of rotatable bonds is 6. The van der Waals surface area contributed by atoms with Gasteiger partial charge in [-0.25, -0.2) is 0 Å². The third-order valence-corrected chi connectivity index (χ3v) is 2.69. The number of ether oxygens (including phenoxy) is 1. The van der Waals surface area contributed by atoms with E-state index in [1.807, 2.05) is 6.07 Å². The molecule has 0 fully saturated rings. The number of nitro benzene ring substituents is 1. The van der Waals surface area contributed by atoms with Gasteiger partial charge in [0, 0.05) is 29.4 Å². The normalized spacial score (nSPS) is 9.65. The molecule has 0 spiro atoms. The number of nitriles is 1. The smallest absolute Gasteiger partial charge is 0.270 e. The van der Waals surface area contributed by atoms with Gasteiger partial charge in [-0.15, -0.1) is 0 Å². The molecular formula is C11H11BrN2O3. The largest absolute Gasteiger partial charge is 0.493 e. The van der Waals surface area contributed by atoms with Crippen molar-refractivity contribution in [2.75, 3.05) is 6.61 Å². The molecule has 0 amide bonds. The summed E-state index contributed by atoms with van der Waals surface area (Å²) in [6, 6.07) is 6.50. The molecule has 0 saturated heterocycles. The molecule has 0 aromatic heterocycles. The van der Waals surface area contributed by atoms with Gasteiger partial charge in [-0.3, -0.25) is 10.1 Å². The second kappa shape index (κ2) is 6.86. The molecule has 1 aromatic rings. The average Bonchev–Trinajstić information content (AvgIpc) is 2.34. The first-order valence-corrected chi connectivity index (χ1v) is 6.14. The van der Waals surface area contributed by atoms with E-state index in [2.05, 4.69) is 15.9 Å². The van der Waals surface area contributed by atoms with Crippen molar-refractivity contribution in [2.24, 2.45) is 0 Å². The lowest BCUT2D eigenvalue weighted by Crippen LogP contribution is -2.00. The van der Waals surface area contributed by atoms with Crippen LogP contribution >= 0.6 is 15.9 Å². The Bertz CT molecular complexity index is 443. The molecule has 0 radical (unpaired) electrons. The minimum Gasteiger partial charge on any atom is -0.493 e. The van der Waals surface area contributed by atoms with Crippen LogP contribution in [-0.2, 0) is 5.33 Å². The van der Waals surface area contributed by atoms with Gasteiger partial charge in [-0.2, -0.15) is 5.26 Å². The standard InChI is InChI=1S/C11H11BrN2O3/c12-8-9-7-10(14(15)16)3-4-11(9)17-6-2-1-5-13/h3-4,7H,1-2,6,8H2. The molecule has 0 unspecified atom stereocenters. The Hall–Kier alpha value is -1.61. The molecule has 17 heavy (non-hydrogen) atoms. The highest BCUT2D eigenvalue weighted by Gasteiger charge is 2.10. The number of alkyl halides is 1. The molecule has 0 aliphatic carbocycles. The summed E-state index contributed by atoms with van der Waals surface area (Å²) in [4.78, 5) is 10.2. The van der Waals surface area contributed by atoms with Crippen molar-refractivity contribution in [3.8, 4) is 11.8 Å². The van der Waals surface area contributed by atoms with Crippen LogP contribution in [0.15, 0.2) is 18.2 Å². The molecule has 90 valence electrons. The van der Waals surface area contributed by atoms with Gasteiger partial charge in [0.25, 0.3) is 5.69 Å². The topological polar surface area (TPSA) is 76.2 Å². The lowest BCUT2D eigenvalue weighted by atomic mass is 10.2. The Morgan fingerprint density at radius 1 is 1.53 bits per heavy atom. The number of unbranched alkanes of at least 4 members (excludes halogenated alkanes) is 1. The fourth-order valence-electron chi connectivity index (χ4n) is 1.26. The Kier molecular flexibility index (Phi) is 5.43. The number of halogens is 1. The Morgan fingerprint density at radius 3 is 2.88 bits per heavy atom. The van der Waals surface area contributed by atoms with Crippen molar-refractivity contribution in [1.29, 1.82) is 5.26 Å². The van der Waals surface area contributed by atoms with E-state index < -0.39 is 4.92 Å². The van der Waals surface area contributed by atoms with Crippen LogP contribution in [0.3, 0.4) is 0 Å². The first-order valence-electron chi connectivity index (χ1n) is 5.02. The summed E-state index contributed by atoms with van der Waals surface area (Å²) in [6.07, 6.45) is 1.09. The molecule has 5 nitrogen and oxygen atoms in total. The third-order valence-electron chi connectivity index (χ3n) is 2.09. The summed E-state index contributed by atoms with van der Waals surface area (Å²) in [7, 11) is 0. The molecule has 1 rings (SSSR count). The molecule has 0 aliphatic heterocycles. The number of hydrogen-bond acceptors (Lipinski definition) is 4. The van der Waals surface area contributed by atoms with Crippen LogP contribution in [0.2, 0.25) is 0 Å². The van der Waals surface area contributed by atoms with Crippen molar-refractivity contribution >= 4 is 21.6 Å². The van der Waals surface area contributed by atoms with E-state index in [9.17, 15) is 10.1 Å². The Balaban J connectivity index is 2.72. The highest BCUT2D eigenvalue weighted by Crippen LogP contribution is 2.26. The van der Waals surface area contributed by atoms with Crippen LogP contribution in [0, 0.1) is 21.4 Å². The molecule has 0 aliphatic rings. The molecule has 0 heterocycles. The summed E-state index contributed by atoms with van der Waals surface area (Å²) in [5, 5.41) is 19.5. The van der Waals surface area contributed by atoms with Gasteiger partial charge in [-0.1, -0.05) is 15.9 Å². The molecule has 6 heteroatoms. The predicted molar refractivity (Wildman–Crippen MR) is 66.1 cm³/mol. The quantitative estimate of drug-likeness (QED) is 0.350. The minimum atomic E-state index is -0.439. The molecule has 1 aromatic carbocycles. The summed E-state index contributed by atoms with van der Waals surface area (Å²) < 4.78 is 5.46. The van der Waals surface area contributed by atoms with E-state index in [0.29, 0.717) is 30.5 Å². The fourth-order valence-corrected chi connectivity index (χ4v) is 1.70. The first-order chi connectivity index (χ1) is 8.19. The molecule has 0 bridgehead atoms. The Labute approximate surface area is 107 Å². The van der Waals surface area contributed by atoms with Crippen LogP contribution in [0.1, 0.15) is 18.4 Å². The Morgan fingerprint density at radius 2 is 2.29 bits per heavy atom. The third kappa shape index (κ3) is 4.04. The number of benzene rings is 1. The molecule has 0 N–H and O–H groups in total. The number of nitro groups is 1. The first kappa shape index (κ1) is 13.5. The zero-order valence-corrected chi connectivity index (χ0v) is 10.6. The summed E-state index contributed by atoms with van der Waals surface area (Å²) in [5.74, 6) is 0.616. The van der Waals surface area contributed by atoms with Crippen molar-refractivity contribution in [3.63, 3.8) is 0 Å². The maximum absolute atomic E-state index is 10.6. The van der Waals surface area contributed by atoms with Crippen LogP contribution in [0.4, 0.5) is 5.69 Å². The van der Waals surface area contributed by atoms with Crippen LogP contribution < -0.4 is 4.74 Å². The second-order valence-electron chi connectivity index (χ2n) is 3.29. The molecule has 0 saturated carbocycles. The van der Waals surface area contributed by atoms with Crippen molar-refractivity contribution < 1.29 is 9.66 Å². The van der Waals surface area contributed by atoms with E-state index >= 15 is 0 Å². The molecular weight excluding hydrogens is 288 g/mol. The predicted octanol–water partition coefficient (Wildman–Crippen LogP) is 3.17. The lowest BCUT2D eigenvalue weighted by molar-refractivity contribution is -0.384. The fraction of sp³-hybridized carbons (Fsp3) is 0.364. The zero-order chi connectivity index (χ0) is 12.7. The van der Waals surface area contributed by atoms with Gasteiger partial charge >= 0.3 is 0 Å². The van der Waals surface area contributed by atoms with Crippen molar-refractivity contribution in [1.82, 2.24) is 0 Å². The van der Waals surface area contributed by atoms with Gasteiger partial charge < -0.3 is 4.74 Å². The van der Waals surface area contributed by atoms with E-state index in [0.717, 1.165) is 5.56 Å². The highest BCUT2D eigenvalue weighted by molar-refractivity contribution is 9.08. The van der Waals surface area contributed by atoms with Crippen LogP contribution in [0.25, 0.3) is 0 Å². The van der Waals surface area contributed by atoms with Crippen LogP contribution in [0.5, 0.6) is 5.75 Å². The summed E-state index contributed by atoms with van der Waals surface area (Å²) >= 11 is 3.26. The minimum absolute atomic E-state index is 0.0452. The molecule has 0 atom stereocenters. The van der Waals surface area contributed by atoms with Crippen LogP contribution in [-0.4, -0.2) is 11.5 Å². The van der Waals surface area contributed by atoms with Crippen molar-refractivity contribution in [2.45, 2.75) is 18.2 Å². The average molecular weight is 299 g/mol. The lowest BCUT2D eigenvalue weighted by Gasteiger charge is -2.08. The van der Waals surface area contributed by atoms with E-state index in [-0.39, 0.29) is 5.69 Å². The number of non-ortho nitro benzene ring substituents is 1. The maximum atomic E-state index is 10.6.